The highest BCUT2D eigenvalue weighted by molar-refractivity contribution is 7.99. The van der Waals surface area contributed by atoms with Gasteiger partial charge in [-0.2, -0.15) is 11.8 Å². The SMILES string of the molecule is CCOC1CC(NC2CCCC(SC)C2)C12CCCC2. The minimum Gasteiger partial charge on any atom is -0.378 e. The molecular weight excluding hydrogens is 266 g/mol. The first-order valence-corrected chi connectivity index (χ1v) is 9.97. The van der Waals surface area contributed by atoms with Gasteiger partial charge in [0, 0.05) is 29.4 Å². The molecule has 0 aromatic carbocycles. The Kier molecular flexibility index (Phi) is 4.99. The Hall–Kier alpha value is 0.270. The third-order valence-corrected chi connectivity index (χ3v) is 7.18. The average molecular weight is 298 g/mol. The monoisotopic (exact) mass is 297 g/mol. The summed E-state index contributed by atoms with van der Waals surface area (Å²) >= 11 is 2.07. The van der Waals surface area contributed by atoms with Crippen LogP contribution in [0, 0.1) is 5.41 Å². The first-order valence-electron chi connectivity index (χ1n) is 8.69. The maximum absolute atomic E-state index is 6.03. The summed E-state index contributed by atoms with van der Waals surface area (Å²) in [6.07, 6.45) is 15.3. The van der Waals surface area contributed by atoms with Gasteiger partial charge in [-0.05, 0) is 51.7 Å². The normalized spacial score (nSPS) is 39.9. The minimum absolute atomic E-state index is 0.502. The van der Waals surface area contributed by atoms with Gasteiger partial charge in [-0.25, -0.2) is 0 Å². The summed E-state index contributed by atoms with van der Waals surface area (Å²) < 4.78 is 6.03. The van der Waals surface area contributed by atoms with Crippen molar-refractivity contribution in [3.63, 3.8) is 0 Å². The summed E-state index contributed by atoms with van der Waals surface area (Å²) in [5.74, 6) is 0. The maximum Gasteiger partial charge on any atom is 0.0661 e. The Morgan fingerprint density at radius 2 is 1.95 bits per heavy atom. The van der Waals surface area contributed by atoms with Crippen molar-refractivity contribution in [1.82, 2.24) is 5.32 Å². The molecule has 0 radical (unpaired) electrons. The molecule has 3 saturated carbocycles. The van der Waals surface area contributed by atoms with Crippen molar-refractivity contribution < 1.29 is 4.74 Å². The highest BCUT2D eigenvalue weighted by Gasteiger charge is 2.56. The van der Waals surface area contributed by atoms with Crippen LogP contribution in [0.2, 0.25) is 0 Å². The summed E-state index contributed by atoms with van der Waals surface area (Å²) in [5.41, 5.74) is 0.502. The van der Waals surface area contributed by atoms with Crippen molar-refractivity contribution in [3.8, 4) is 0 Å². The van der Waals surface area contributed by atoms with Gasteiger partial charge in [0.15, 0.2) is 0 Å². The first-order chi connectivity index (χ1) is 9.78. The van der Waals surface area contributed by atoms with E-state index in [4.69, 9.17) is 4.74 Å². The molecule has 1 N–H and O–H groups in total. The van der Waals surface area contributed by atoms with Crippen LogP contribution in [0.15, 0.2) is 0 Å². The lowest BCUT2D eigenvalue weighted by atomic mass is 9.60. The van der Waals surface area contributed by atoms with E-state index in [1.807, 2.05) is 0 Å². The summed E-state index contributed by atoms with van der Waals surface area (Å²) in [6.45, 7) is 3.03. The van der Waals surface area contributed by atoms with Crippen molar-refractivity contribution >= 4 is 11.8 Å². The lowest BCUT2D eigenvalue weighted by molar-refractivity contribution is -0.133. The fourth-order valence-corrected chi connectivity index (χ4v) is 5.74. The second-order valence-corrected chi connectivity index (χ2v) is 8.20. The fourth-order valence-electron chi connectivity index (χ4n) is 4.92. The van der Waals surface area contributed by atoms with Gasteiger partial charge < -0.3 is 10.1 Å². The predicted octanol–water partition coefficient (Wildman–Crippen LogP) is 3.99. The molecule has 1 spiro atoms. The van der Waals surface area contributed by atoms with Gasteiger partial charge >= 0.3 is 0 Å². The predicted molar refractivity (Wildman–Crippen MR) is 87.4 cm³/mol. The lowest BCUT2D eigenvalue weighted by Gasteiger charge is -2.55. The summed E-state index contributed by atoms with van der Waals surface area (Å²) in [6, 6.07) is 1.51. The van der Waals surface area contributed by atoms with Gasteiger partial charge in [0.1, 0.15) is 0 Å². The van der Waals surface area contributed by atoms with Gasteiger partial charge in [-0.15, -0.1) is 0 Å². The van der Waals surface area contributed by atoms with Gasteiger partial charge in [-0.3, -0.25) is 0 Å². The van der Waals surface area contributed by atoms with E-state index < -0.39 is 0 Å². The van der Waals surface area contributed by atoms with E-state index >= 15 is 0 Å². The van der Waals surface area contributed by atoms with E-state index in [2.05, 4.69) is 30.3 Å². The fraction of sp³-hybridized carbons (Fsp3) is 1.00. The van der Waals surface area contributed by atoms with E-state index in [0.717, 1.165) is 23.9 Å². The summed E-state index contributed by atoms with van der Waals surface area (Å²) in [7, 11) is 0. The molecule has 2 nitrogen and oxygen atoms in total. The van der Waals surface area contributed by atoms with Crippen LogP contribution in [0.1, 0.15) is 64.7 Å². The molecule has 3 aliphatic rings. The molecule has 3 fully saturated rings. The molecule has 3 heteroatoms. The van der Waals surface area contributed by atoms with Crippen molar-refractivity contribution in [2.24, 2.45) is 5.41 Å². The molecule has 0 amide bonds. The Labute approximate surface area is 128 Å². The van der Waals surface area contributed by atoms with Crippen LogP contribution in [0.5, 0.6) is 0 Å². The smallest absolute Gasteiger partial charge is 0.0661 e. The number of ether oxygens (including phenoxy) is 1. The Balaban J connectivity index is 1.57. The highest BCUT2D eigenvalue weighted by Crippen LogP contribution is 2.55. The third kappa shape index (κ3) is 2.78. The second kappa shape index (κ2) is 6.58. The van der Waals surface area contributed by atoms with E-state index in [9.17, 15) is 0 Å². The maximum atomic E-state index is 6.03. The second-order valence-electron chi connectivity index (χ2n) is 7.06. The van der Waals surface area contributed by atoms with Crippen LogP contribution in [0.3, 0.4) is 0 Å². The van der Waals surface area contributed by atoms with Crippen molar-refractivity contribution in [2.45, 2.75) is 88.1 Å². The Bertz CT molecular complexity index is 316. The molecule has 0 bridgehead atoms. The van der Waals surface area contributed by atoms with E-state index in [-0.39, 0.29) is 0 Å². The minimum atomic E-state index is 0.502. The zero-order valence-electron chi connectivity index (χ0n) is 13.2. The zero-order valence-corrected chi connectivity index (χ0v) is 14.0. The van der Waals surface area contributed by atoms with Crippen LogP contribution in [-0.4, -0.2) is 36.3 Å². The average Bonchev–Trinajstić information content (AvgIpc) is 2.99. The summed E-state index contributed by atoms with van der Waals surface area (Å²) in [5, 5.41) is 4.94. The van der Waals surface area contributed by atoms with Crippen LogP contribution in [0.4, 0.5) is 0 Å². The zero-order chi connectivity index (χ0) is 14.0. The van der Waals surface area contributed by atoms with Gasteiger partial charge in [0.2, 0.25) is 0 Å². The number of hydrogen-bond acceptors (Lipinski definition) is 3. The number of rotatable bonds is 5. The number of hydrogen-bond donors (Lipinski definition) is 1. The standard InChI is InChI=1S/C17H31NOS/c1-3-19-16-12-15(17(16)9-4-5-10-17)18-13-7-6-8-14(11-13)20-2/h13-16,18H,3-12H2,1-2H3. The van der Waals surface area contributed by atoms with Crippen LogP contribution < -0.4 is 5.32 Å². The molecule has 4 atom stereocenters. The van der Waals surface area contributed by atoms with E-state index in [0.29, 0.717) is 11.5 Å². The van der Waals surface area contributed by atoms with Crippen LogP contribution in [0.25, 0.3) is 0 Å². The van der Waals surface area contributed by atoms with Gasteiger partial charge in [0.25, 0.3) is 0 Å². The quantitative estimate of drug-likeness (QED) is 0.829. The summed E-state index contributed by atoms with van der Waals surface area (Å²) in [4.78, 5) is 0. The molecule has 0 saturated heterocycles. The highest BCUT2D eigenvalue weighted by atomic mass is 32.2. The van der Waals surface area contributed by atoms with Gasteiger partial charge in [0.05, 0.1) is 6.10 Å². The molecule has 20 heavy (non-hydrogen) atoms. The molecule has 116 valence electrons. The van der Waals surface area contributed by atoms with E-state index in [1.165, 1.54) is 57.8 Å². The topological polar surface area (TPSA) is 21.3 Å². The Morgan fingerprint density at radius 3 is 2.65 bits per heavy atom. The molecule has 0 aromatic heterocycles. The van der Waals surface area contributed by atoms with E-state index in [1.54, 1.807) is 0 Å². The molecular formula is C17H31NOS. The number of nitrogens with one attached hydrogen (secondary N) is 1. The Morgan fingerprint density at radius 1 is 1.15 bits per heavy atom. The molecule has 0 aliphatic heterocycles. The van der Waals surface area contributed by atoms with Crippen LogP contribution >= 0.6 is 11.8 Å². The molecule has 0 aromatic rings. The van der Waals surface area contributed by atoms with Crippen molar-refractivity contribution in [1.29, 1.82) is 0 Å². The largest absolute Gasteiger partial charge is 0.378 e. The molecule has 3 rings (SSSR count). The van der Waals surface area contributed by atoms with Crippen molar-refractivity contribution in [2.75, 3.05) is 12.9 Å². The molecule has 3 aliphatic carbocycles. The third-order valence-electron chi connectivity index (χ3n) is 6.08. The lowest BCUT2D eigenvalue weighted by Crippen LogP contribution is -2.64. The molecule has 0 heterocycles. The molecule has 4 unspecified atom stereocenters. The first kappa shape index (κ1) is 15.2. The van der Waals surface area contributed by atoms with Gasteiger partial charge in [-0.1, -0.05) is 19.3 Å². The van der Waals surface area contributed by atoms with Crippen molar-refractivity contribution in [3.05, 3.63) is 0 Å². The number of thioether (sulfide) groups is 1. The van der Waals surface area contributed by atoms with Crippen LogP contribution in [-0.2, 0) is 4.74 Å².